The third-order valence-corrected chi connectivity index (χ3v) is 6.14. The Kier molecular flexibility index (Phi) is 11.3. The van der Waals surface area contributed by atoms with E-state index in [4.69, 9.17) is 9.47 Å². The maximum Gasteiger partial charge on any atom is 0.364 e. The molecule has 0 saturated heterocycles. The second kappa shape index (κ2) is 13.9. The van der Waals surface area contributed by atoms with Crippen LogP contribution in [-0.2, 0) is 22.5 Å². The molecule has 0 heterocycles. The summed E-state index contributed by atoms with van der Waals surface area (Å²) in [5, 5.41) is 0. The van der Waals surface area contributed by atoms with E-state index >= 15 is 0 Å². The highest BCUT2D eigenvalue weighted by Crippen LogP contribution is 2.17. The van der Waals surface area contributed by atoms with Gasteiger partial charge in [-0.1, -0.05) is 81.5 Å². The topological polar surface area (TPSA) is 35.5 Å². The van der Waals surface area contributed by atoms with Crippen molar-refractivity contribution in [1.82, 2.24) is 0 Å². The summed E-state index contributed by atoms with van der Waals surface area (Å²) in [6, 6.07) is 18.3. The highest BCUT2D eigenvalue weighted by atomic mass is 16.6. The number of ether oxygens (including phenoxy) is 2. The lowest BCUT2D eigenvalue weighted by atomic mass is 10.0. The number of carbonyl (C=O) groups is 1. The molecule has 0 fully saturated rings. The van der Waals surface area contributed by atoms with Gasteiger partial charge in [-0.05, 0) is 37.5 Å². The molecule has 2 aromatic rings. The van der Waals surface area contributed by atoms with E-state index in [0.29, 0.717) is 11.1 Å². The monoisotopic (exact) mass is 440 g/mol. The van der Waals surface area contributed by atoms with Gasteiger partial charge in [-0.2, -0.15) is 0 Å². The van der Waals surface area contributed by atoms with Crippen LogP contribution in [0.25, 0.3) is 0 Å². The van der Waals surface area contributed by atoms with Crippen molar-refractivity contribution in [2.75, 3.05) is 27.3 Å². The maximum atomic E-state index is 12.6. The van der Waals surface area contributed by atoms with E-state index in [9.17, 15) is 4.79 Å². The molecule has 0 radical (unpaired) electrons. The van der Waals surface area contributed by atoms with E-state index in [1.807, 2.05) is 37.3 Å². The molecule has 2 aromatic carbocycles. The lowest BCUT2D eigenvalue weighted by molar-refractivity contribution is -0.917. The number of likely N-dealkylation sites (N-methyl/N-ethyl adjacent to an activating group) is 1. The van der Waals surface area contributed by atoms with Crippen molar-refractivity contribution in [2.45, 2.75) is 71.4 Å². The number of hydrogen-bond donors (Lipinski definition) is 0. The number of aryl methyl sites for hydroxylation is 1. The molecule has 0 aliphatic heterocycles. The van der Waals surface area contributed by atoms with Gasteiger partial charge in [-0.25, -0.2) is 4.79 Å². The largest absolute Gasteiger partial charge is 0.490 e. The number of rotatable bonds is 15. The van der Waals surface area contributed by atoms with Crippen LogP contribution in [0.4, 0.5) is 0 Å². The molecular weight excluding hydrogens is 398 g/mol. The average molecular weight is 441 g/mol. The van der Waals surface area contributed by atoms with E-state index in [-0.39, 0.29) is 18.6 Å². The lowest BCUT2D eigenvalue weighted by Gasteiger charge is -2.34. The zero-order chi connectivity index (χ0) is 23.2. The van der Waals surface area contributed by atoms with Crippen molar-refractivity contribution in [1.29, 1.82) is 0 Å². The van der Waals surface area contributed by atoms with Gasteiger partial charge in [0.25, 0.3) is 0 Å². The highest BCUT2D eigenvalue weighted by Gasteiger charge is 2.32. The zero-order valence-electron chi connectivity index (χ0n) is 20.5. The minimum absolute atomic E-state index is 0.189. The summed E-state index contributed by atoms with van der Waals surface area (Å²) in [6.07, 6.45) is 8.91. The second-order valence-electron chi connectivity index (χ2n) is 9.28. The Morgan fingerprint density at radius 2 is 1.56 bits per heavy atom. The first kappa shape index (κ1) is 25.9. The fourth-order valence-corrected chi connectivity index (χ4v) is 3.80. The Hall–Kier alpha value is -2.33. The van der Waals surface area contributed by atoms with Crippen LogP contribution in [0.2, 0.25) is 0 Å². The van der Waals surface area contributed by atoms with Gasteiger partial charge in [0, 0.05) is 5.56 Å². The summed E-state index contributed by atoms with van der Waals surface area (Å²) in [6.45, 7) is 5.58. The summed E-state index contributed by atoms with van der Waals surface area (Å²) < 4.78 is 11.9. The summed E-state index contributed by atoms with van der Waals surface area (Å²) in [7, 11) is 4.12. The number of esters is 1. The van der Waals surface area contributed by atoms with Crippen molar-refractivity contribution >= 4 is 5.97 Å². The van der Waals surface area contributed by atoms with Gasteiger partial charge in [-0.15, -0.1) is 0 Å². The number of hydrogen-bond acceptors (Lipinski definition) is 3. The fraction of sp³-hybridized carbons (Fsp3) is 0.536. The van der Waals surface area contributed by atoms with Crippen LogP contribution in [0.3, 0.4) is 0 Å². The molecule has 4 heteroatoms. The Balaban J connectivity index is 1.69. The van der Waals surface area contributed by atoms with Gasteiger partial charge < -0.3 is 14.0 Å². The van der Waals surface area contributed by atoms with Crippen LogP contribution < -0.4 is 4.74 Å². The number of quaternary nitrogens is 1. The molecule has 0 aromatic heterocycles. The van der Waals surface area contributed by atoms with E-state index in [2.05, 4.69) is 45.3 Å². The van der Waals surface area contributed by atoms with Crippen molar-refractivity contribution < 1.29 is 18.8 Å². The van der Waals surface area contributed by atoms with Crippen LogP contribution in [0, 0.1) is 0 Å². The van der Waals surface area contributed by atoms with Crippen LogP contribution >= 0.6 is 0 Å². The zero-order valence-corrected chi connectivity index (χ0v) is 20.5. The van der Waals surface area contributed by atoms with Gasteiger partial charge in [0.15, 0.2) is 6.04 Å². The molecule has 0 saturated carbocycles. The molecule has 0 amide bonds. The summed E-state index contributed by atoms with van der Waals surface area (Å²) in [5.41, 5.74) is 2.52. The number of nitrogens with zero attached hydrogens (tertiary/aromatic N) is 1. The molecule has 32 heavy (non-hydrogen) atoms. The van der Waals surface area contributed by atoms with Crippen LogP contribution in [0.5, 0.6) is 5.75 Å². The SMILES string of the molecule is CCCCCCCCc1cccc(OCCOC(=O)C(C)[N+](C)(C)Cc2ccccc2)c1. The van der Waals surface area contributed by atoms with E-state index < -0.39 is 0 Å². The van der Waals surface area contributed by atoms with Crippen molar-refractivity contribution in [3.8, 4) is 5.75 Å². The molecule has 4 nitrogen and oxygen atoms in total. The Labute approximate surface area is 195 Å². The Bertz CT molecular complexity index is 788. The number of carbonyl (C=O) groups excluding carboxylic acids is 1. The average Bonchev–Trinajstić information content (AvgIpc) is 2.79. The first-order chi connectivity index (χ1) is 15.4. The van der Waals surface area contributed by atoms with Crippen molar-refractivity contribution in [3.05, 3.63) is 65.7 Å². The van der Waals surface area contributed by atoms with Crippen molar-refractivity contribution in [3.63, 3.8) is 0 Å². The standard InChI is InChI=1S/C28H42NO3/c1-5-6-7-8-9-11-15-25-18-14-19-27(22-25)31-20-21-32-28(30)24(2)29(3,4)23-26-16-12-10-13-17-26/h10,12-14,16-19,22,24H,5-9,11,15,20-21,23H2,1-4H3/q+1. The third kappa shape index (κ3) is 9.44. The summed E-state index contributed by atoms with van der Waals surface area (Å²) in [4.78, 5) is 12.6. The van der Waals surface area contributed by atoms with Crippen LogP contribution in [0.1, 0.15) is 63.5 Å². The molecule has 0 aliphatic carbocycles. The predicted molar refractivity (Wildman–Crippen MR) is 132 cm³/mol. The molecule has 176 valence electrons. The van der Waals surface area contributed by atoms with Crippen molar-refractivity contribution in [2.24, 2.45) is 0 Å². The van der Waals surface area contributed by atoms with Crippen LogP contribution in [-0.4, -0.2) is 43.8 Å². The normalized spacial score (nSPS) is 12.4. The van der Waals surface area contributed by atoms with Gasteiger partial charge in [-0.3, -0.25) is 0 Å². The second-order valence-corrected chi connectivity index (χ2v) is 9.28. The number of unbranched alkanes of at least 4 members (excludes halogenated alkanes) is 5. The Morgan fingerprint density at radius 3 is 2.31 bits per heavy atom. The molecule has 1 unspecified atom stereocenters. The van der Waals surface area contributed by atoms with E-state index in [1.54, 1.807) is 0 Å². The molecular formula is C28H42NO3+. The first-order valence-electron chi connectivity index (χ1n) is 12.2. The maximum absolute atomic E-state index is 12.6. The fourth-order valence-electron chi connectivity index (χ4n) is 3.80. The predicted octanol–water partition coefficient (Wildman–Crippen LogP) is 6.18. The van der Waals surface area contributed by atoms with Gasteiger partial charge in [0.2, 0.25) is 0 Å². The molecule has 1 atom stereocenters. The smallest absolute Gasteiger partial charge is 0.364 e. The quantitative estimate of drug-likeness (QED) is 0.189. The lowest BCUT2D eigenvalue weighted by Crippen LogP contribution is -2.51. The summed E-state index contributed by atoms with van der Waals surface area (Å²) in [5.74, 6) is 0.657. The highest BCUT2D eigenvalue weighted by molar-refractivity contribution is 5.74. The minimum atomic E-state index is -0.254. The van der Waals surface area contributed by atoms with Gasteiger partial charge in [0.1, 0.15) is 25.5 Å². The van der Waals surface area contributed by atoms with Crippen LogP contribution in [0.15, 0.2) is 54.6 Å². The summed E-state index contributed by atoms with van der Waals surface area (Å²) >= 11 is 0. The Morgan fingerprint density at radius 1 is 0.875 bits per heavy atom. The first-order valence-corrected chi connectivity index (χ1v) is 12.2. The third-order valence-electron chi connectivity index (χ3n) is 6.14. The molecule has 0 aliphatic rings. The molecule has 0 N–H and O–H groups in total. The number of benzene rings is 2. The van der Waals surface area contributed by atoms with E-state index in [0.717, 1.165) is 18.7 Å². The van der Waals surface area contributed by atoms with Gasteiger partial charge >= 0.3 is 5.97 Å². The molecule has 0 spiro atoms. The minimum Gasteiger partial charge on any atom is -0.490 e. The molecule has 2 rings (SSSR count). The molecule has 0 bridgehead atoms. The van der Waals surface area contributed by atoms with Gasteiger partial charge in [0.05, 0.1) is 14.1 Å². The van der Waals surface area contributed by atoms with E-state index in [1.165, 1.54) is 49.7 Å².